The van der Waals surface area contributed by atoms with Crippen molar-refractivity contribution in [1.82, 2.24) is 0 Å². The van der Waals surface area contributed by atoms with E-state index >= 15 is 0 Å². The normalized spacial score (nSPS) is 14.4. The summed E-state index contributed by atoms with van der Waals surface area (Å²) in [6.07, 6.45) is 2.21. The Kier molecular flexibility index (Phi) is 3.76. The van der Waals surface area contributed by atoms with E-state index in [0.717, 1.165) is 0 Å². The number of hydrogen-bond acceptors (Lipinski definition) is 0. The first-order valence-corrected chi connectivity index (χ1v) is 10.0. The molecule has 1 atom stereocenters. The topological polar surface area (TPSA) is 0 Å². The van der Waals surface area contributed by atoms with Crippen molar-refractivity contribution < 1.29 is 0 Å². The summed E-state index contributed by atoms with van der Waals surface area (Å²) in [6.45, 7) is 4.56. The van der Waals surface area contributed by atoms with Gasteiger partial charge in [0.15, 0.2) is 0 Å². The van der Waals surface area contributed by atoms with Crippen molar-refractivity contribution in [2.24, 2.45) is 0 Å². The van der Waals surface area contributed by atoms with Crippen LogP contribution in [0.15, 0.2) is 84.6 Å². The molecule has 0 fully saturated rings. The molecule has 0 bridgehead atoms. The van der Waals surface area contributed by atoms with Gasteiger partial charge >= 0.3 is 0 Å². The second-order valence-corrected chi connectivity index (χ2v) is 9.45. The molecule has 0 heterocycles. The third-order valence-corrected chi connectivity index (χ3v) is 8.31. The molecule has 0 amide bonds. The smallest absolute Gasteiger partial charge is 0.0948 e. The Bertz CT molecular complexity index is 769. The fraction of sp³-hybridized carbons (Fsp3) is 0.100. The molecule has 0 saturated carbocycles. The Morgan fingerprint density at radius 1 is 0.762 bits per heavy atom. The lowest BCUT2D eigenvalue weighted by Crippen LogP contribution is -2.54. The number of hydrogen-bond donors (Lipinski definition) is 0. The summed E-state index contributed by atoms with van der Waals surface area (Å²) >= 11 is 0. The van der Waals surface area contributed by atoms with Gasteiger partial charge in [-0.05, 0) is 22.9 Å². The fourth-order valence-electron chi connectivity index (χ4n) is 3.14. The Labute approximate surface area is 127 Å². The van der Waals surface area contributed by atoms with Crippen molar-refractivity contribution in [1.29, 1.82) is 0 Å². The van der Waals surface area contributed by atoms with Crippen LogP contribution >= 0.6 is 0 Å². The van der Waals surface area contributed by atoms with Crippen LogP contribution in [0.4, 0.5) is 0 Å². The molecule has 1 unspecified atom stereocenters. The third kappa shape index (κ3) is 2.45. The second-order valence-electron chi connectivity index (χ2n) is 5.60. The molecule has 104 valence electrons. The first-order chi connectivity index (χ1) is 10.3. The first kappa shape index (κ1) is 13.8. The average molecular weight is 288 g/mol. The molecule has 0 aliphatic carbocycles. The van der Waals surface area contributed by atoms with Crippen molar-refractivity contribution in [2.75, 3.05) is 0 Å². The Hall–Kier alpha value is -2.12. The molecule has 0 aliphatic rings. The van der Waals surface area contributed by atoms with E-state index in [2.05, 4.69) is 98.0 Å². The van der Waals surface area contributed by atoms with Crippen molar-refractivity contribution >= 4 is 29.2 Å². The summed E-state index contributed by atoms with van der Waals surface area (Å²) in [5.41, 5.74) is 2.43. The van der Waals surface area contributed by atoms with E-state index < -0.39 is 8.07 Å². The minimum atomic E-state index is -1.85. The van der Waals surface area contributed by atoms with Crippen LogP contribution in [0.25, 0.3) is 10.8 Å². The molecular weight excluding hydrogens is 268 g/mol. The molecule has 0 aliphatic heterocycles. The molecule has 0 radical (unpaired) electrons. The Morgan fingerprint density at radius 3 is 2.19 bits per heavy atom. The van der Waals surface area contributed by atoms with E-state index in [1.807, 2.05) is 0 Å². The van der Waals surface area contributed by atoms with Gasteiger partial charge in [-0.2, -0.15) is 0 Å². The molecule has 0 nitrogen and oxygen atoms in total. The van der Waals surface area contributed by atoms with Gasteiger partial charge in [0.1, 0.15) is 8.07 Å². The lowest BCUT2D eigenvalue weighted by molar-refractivity contribution is 1.69. The van der Waals surface area contributed by atoms with E-state index in [0.29, 0.717) is 0 Å². The minimum absolute atomic E-state index is 1.33. The maximum Gasteiger partial charge on any atom is 0.138 e. The maximum atomic E-state index is 2.43. The minimum Gasteiger partial charge on any atom is -0.0948 e. The lowest BCUT2D eigenvalue weighted by Gasteiger charge is -2.26. The summed E-state index contributed by atoms with van der Waals surface area (Å²) in [7, 11) is -1.85. The molecule has 3 rings (SSSR count). The van der Waals surface area contributed by atoms with Gasteiger partial charge in [0.25, 0.3) is 0 Å². The highest BCUT2D eigenvalue weighted by Gasteiger charge is 2.29. The van der Waals surface area contributed by atoms with Crippen molar-refractivity contribution in [3.8, 4) is 0 Å². The number of rotatable bonds is 3. The Balaban J connectivity index is 2.31. The molecule has 21 heavy (non-hydrogen) atoms. The third-order valence-electron chi connectivity index (χ3n) is 4.22. The molecule has 0 saturated heterocycles. The summed E-state index contributed by atoms with van der Waals surface area (Å²) in [6, 6.07) is 26.3. The molecular formula is C20H20Si. The number of benzene rings is 3. The molecule has 0 aromatic heterocycles. The molecule has 3 aromatic rings. The highest BCUT2D eigenvalue weighted by Crippen LogP contribution is 2.17. The quantitative estimate of drug-likeness (QED) is 0.635. The van der Waals surface area contributed by atoms with Crippen LogP contribution in [-0.2, 0) is 0 Å². The molecule has 0 N–H and O–H groups in total. The van der Waals surface area contributed by atoms with Crippen molar-refractivity contribution in [2.45, 2.75) is 13.5 Å². The van der Waals surface area contributed by atoms with Gasteiger partial charge in [-0.1, -0.05) is 96.3 Å². The van der Waals surface area contributed by atoms with Gasteiger partial charge in [-0.25, -0.2) is 0 Å². The molecule has 3 aromatic carbocycles. The van der Waals surface area contributed by atoms with Gasteiger partial charge in [-0.15, -0.1) is 0 Å². The highest BCUT2D eigenvalue weighted by molar-refractivity contribution is 7.06. The van der Waals surface area contributed by atoms with Crippen LogP contribution in [0, 0.1) is 0 Å². The van der Waals surface area contributed by atoms with Crippen LogP contribution in [0.3, 0.4) is 0 Å². The zero-order valence-electron chi connectivity index (χ0n) is 12.6. The highest BCUT2D eigenvalue weighted by atomic mass is 28.3. The summed E-state index contributed by atoms with van der Waals surface area (Å²) < 4.78 is 0. The molecule has 0 spiro atoms. The van der Waals surface area contributed by atoms with E-state index in [9.17, 15) is 0 Å². The standard InChI is InChI=1S/C20H20Si/c1-3-16-21(2,18-12-5-4-6-13-18)20-15-9-11-17-10-7-8-14-19(17)20/h3-16H,1-2H3. The predicted molar refractivity (Wildman–Crippen MR) is 96.1 cm³/mol. The van der Waals surface area contributed by atoms with Gasteiger partial charge in [0.05, 0.1) is 0 Å². The van der Waals surface area contributed by atoms with Gasteiger partial charge in [0, 0.05) is 0 Å². The molecule has 1 heteroatoms. The van der Waals surface area contributed by atoms with Crippen LogP contribution in [-0.4, -0.2) is 8.07 Å². The van der Waals surface area contributed by atoms with Crippen LogP contribution in [0.5, 0.6) is 0 Å². The zero-order valence-corrected chi connectivity index (χ0v) is 13.6. The first-order valence-electron chi connectivity index (χ1n) is 7.43. The largest absolute Gasteiger partial charge is 0.138 e. The van der Waals surface area contributed by atoms with Crippen LogP contribution in [0.1, 0.15) is 6.92 Å². The van der Waals surface area contributed by atoms with Crippen molar-refractivity contribution in [3.05, 3.63) is 84.6 Å². The van der Waals surface area contributed by atoms with Gasteiger partial charge < -0.3 is 0 Å². The van der Waals surface area contributed by atoms with E-state index in [1.165, 1.54) is 21.1 Å². The number of fused-ring (bicyclic) bond motifs is 1. The zero-order chi connectivity index (χ0) is 14.7. The lowest BCUT2D eigenvalue weighted by atomic mass is 10.1. The van der Waals surface area contributed by atoms with E-state index in [4.69, 9.17) is 0 Å². The van der Waals surface area contributed by atoms with Crippen LogP contribution < -0.4 is 10.4 Å². The SMILES string of the molecule is CC=C[Si](C)(c1ccccc1)c1cccc2ccccc12. The Morgan fingerprint density at radius 2 is 1.43 bits per heavy atom. The summed E-state index contributed by atoms with van der Waals surface area (Å²) in [5.74, 6) is 0. The van der Waals surface area contributed by atoms with Gasteiger partial charge in [0.2, 0.25) is 0 Å². The number of allylic oxidation sites excluding steroid dienone is 1. The maximum absolute atomic E-state index is 2.43. The monoisotopic (exact) mass is 288 g/mol. The second kappa shape index (κ2) is 5.70. The van der Waals surface area contributed by atoms with E-state index in [-0.39, 0.29) is 0 Å². The van der Waals surface area contributed by atoms with E-state index in [1.54, 1.807) is 0 Å². The average Bonchev–Trinajstić information content (AvgIpc) is 2.55. The van der Waals surface area contributed by atoms with Crippen molar-refractivity contribution in [3.63, 3.8) is 0 Å². The van der Waals surface area contributed by atoms with Crippen LogP contribution in [0.2, 0.25) is 6.55 Å². The summed E-state index contributed by atoms with van der Waals surface area (Å²) in [4.78, 5) is 0. The van der Waals surface area contributed by atoms with Gasteiger partial charge in [-0.3, -0.25) is 0 Å². The predicted octanol–water partition coefficient (Wildman–Crippen LogP) is 4.15. The summed E-state index contributed by atoms with van der Waals surface area (Å²) in [5, 5.41) is 5.66. The fourth-order valence-corrected chi connectivity index (χ4v) is 6.60.